The average molecular weight is 235 g/mol. The molecule has 0 spiro atoms. The van der Waals surface area contributed by atoms with Crippen LogP contribution in [0.1, 0.15) is 13.8 Å². The lowest BCUT2D eigenvalue weighted by Gasteiger charge is -2.25. The highest BCUT2D eigenvalue weighted by molar-refractivity contribution is 8.06. The van der Waals surface area contributed by atoms with Crippen LogP contribution in [0.4, 0.5) is 0 Å². The predicted molar refractivity (Wildman–Crippen MR) is 67.5 cm³/mol. The molecule has 0 aliphatic carbocycles. The minimum Gasteiger partial charge on any atom is -0.380 e. The summed E-state index contributed by atoms with van der Waals surface area (Å²) in [6, 6.07) is 0.451. The maximum atomic E-state index is 5.28. The third-order valence-electron chi connectivity index (χ3n) is 2.63. The lowest BCUT2D eigenvalue weighted by Crippen LogP contribution is -2.41. The summed E-state index contributed by atoms with van der Waals surface area (Å²) in [4.78, 5) is 0. The molecule has 4 heteroatoms. The summed E-state index contributed by atoms with van der Waals surface area (Å²) in [5.74, 6) is 3.93. The van der Waals surface area contributed by atoms with Crippen molar-refractivity contribution in [1.29, 1.82) is 0 Å². The molecule has 0 amide bonds. The number of hydrogen-bond acceptors (Lipinski definition) is 4. The van der Waals surface area contributed by atoms with Crippen LogP contribution in [0.2, 0.25) is 0 Å². The first-order valence-electron chi connectivity index (χ1n) is 5.19. The largest absolute Gasteiger partial charge is 0.380 e. The molecule has 84 valence electrons. The third-order valence-corrected chi connectivity index (χ3v) is 5.47. The van der Waals surface area contributed by atoms with Crippen LogP contribution in [-0.2, 0) is 4.74 Å². The zero-order chi connectivity index (χ0) is 10.4. The van der Waals surface area contributed by atoms with Gasteiger partial charge in [0.15, 0.2) is 0 Å². The van der Waals surface area contributed by atoms with Gasteiger partial charge < -0.3 is 10.1 Å². The van der Waals surface area contributed by atoms with Gasteiger partial charge in [0.25, 0.3) is 0 Å². The first kappa shape index (κ1) is 12.7. The summed E-state index contributed by atoms with van der Waals surface area (Å²) in [5, 5.41) is 4.34. The maximum Gasteiger partial charge on any atom is 0.0693 e. The van der Waals surface area contributed by atoms with Crippen molar-refractivity contribution < 1.29 is 4.74 Å². The first-order valence-corrected chi connectivity index (χ1v) is 7.40. The SMILES string of the molecule is COC(C)C(C)NCC1CSCCS1. The van der Waals surface area contributed by atoms with Crippen LogP contribution < -0.4 is 5.32 Å². The van der Waals surface area contributed by atoms with E-state index in [1.165, 1.54) is 17.3 Å². The quantitative estimate of drug-likeness (QED) is 0.785. The monoisotopic (exact) mass is 235 g/mol. The average Bonchev–Trinajstić information content (AvgIpc) is 2.26. The van der Waals surface area contributed by atoms with Crippen LogP contribution in [0.15, 0.2) is 0 Å². The molecule has 0 aromatic heterocycles. The van der Waals surface area contributed by atoms with Gasteiger partial charge >= 0.3 is 0 Å². The molecule has 0 aromatic rings. The molecule has 1 heterocycles. The summed E-state index contributed by atoms with van der Waals surface area (Å²) in [6.45, 7) is 5.42. The van der Waals surface area contributed by atoms with Gasteiger partial charge in [0.05, 0.1) is 6.10 Å². The Labute approximate surface area is 95.9 Å². The zero-order valence-electron chi connectivity index (χ0n) is 9.29. The van der Waals surface area contributed by atoms with E-state index >= 15 is 0 Å². The Kier molecular flexibility index (Phi) is 6.33. The molecule has 0 saturated carbocycles. The van der Waals surface area contributed by atoms with Crippen molar-refractivity contribution in [2.75, 3.05) is 30.9 Å². The Balaban J connectivity index is 2.12. The van der Waals surface area contributed by atoms with Gasteiger partial charge in [0, 0.05) is 42.2 Å². The molecule has 0 radical (unpaired) electrons. The second-order valence-corrected chi connectivity index (χ2v) is 6.26. The van der Waals surface area contributed by atoms with E-state index < -0.39 is 0 Å². The predicted octanol–water partition coefficient (Wildman–Crippen LogP) is 1.85. The standard InChI is InChI=1S/C10H21NOS2/c1-8(9(2)12-3)11-6-10-7-13-4-5-14-10/h8-11H,4-7H2,1-3H3. The molecule has 3 atom stereocenters. The van der Waals surface area contributed by atoms with E-state index in [0.29, 0.717) is 12.1 Å². The summed E-state index contributed by atoms with van der Waals surface area (Å²) < 4.78 is 5.28. The van der Waals surface area contributed by atoms with Gasteiger partial charge in [-0.2, -0.15) is 23.5 Å². The van der Waals surface area contributed by atoms with E-state index in [0.717, 1.165) is 11.8 Å². The molecule has 1 rings (SSSR count). The number of hydrogen-bond donors (Lipinski definition) is 1. The topological polar surface area (TPSA) is 21.3 Å². The van der Waals surface area contributed by atoms with Crippen molar-refractivity contribution in [1.82, 2.24) is 5.32 Å². The van der Waals surface area contributed by atoms with Crippen molar-refractivity contribution in [2.24, 2.45) is 0 Å². The van der Waals surface area contributed by atoms with E-state index in [2.05, 4.69) is 42.7 Å². The van der Waals surface area contributed by atoms with Crippen molar-refractivity contribution in [3.05, 3.63) is 0 Å². The molecule has 0 bridgehead atoms. The van der Waals surface area contributed by atoms with Crippen LogP contribution in [0, 0.1) is 0 Å². The molecule has 2 nitrogen and oxygen atoms in total. The summed E-state index contributed by atoms with van der Waals surface area (Å²) in [7, 11) is 1.77. The summed E-state index contributed by atoms with van der Waals surface area (Å²) >= 11 is 4.18. The van der Waals surface area contributed by atoms with Crippen molar-refractivity contribution in [3.8, 4) is 0 Å². The van der Waals surface area contributed by atoms with Gasteiger partial charge in [-0.15, -0.1) is 0 Å². The normalized spacial score (nSPS) is 27.2. The molecule has 1 fully saturated rings. The van der Waals surface area contributed by atoms with E-state index in [1.54, 1.807) is 7.11 Å². The lowest BCUT2D eigenvalue weighted by molar-refractivity contribution is 0.0891. The second kappa shape index (κ2) is 6.99. The number of nitrogens with one attached hydrogen (secondary N) is 1. The molecular formula is C10H21NOS2. The Hall–Kier alpha value is 0.620. The van der Waals surface area contributed by atoms with Crippen molar-refractivity contribution >= 4 is 23.5 Å². The molecule has 1 aliphatic heterocycles. The summed E-state index contributed by atoms with van der Waals surface area (Å²) in [5.41, 5.74) is 0. The van der Waals surface area contributed by atoms with Crippen LogP contribution in [0.3, 0.4) is 0 Å². The number of rotatable bonds is 5. The van der Waals surface area contributed by atoms with E-state index in [1.807, 2.05) is 0 Å². The smallest absolute Gasteiger partial charge is 0.0693 e. The molecule has 14 heavy (non-hydrogen) atoms. The Morgan fingerprint density at radius 3 is 2.79 bits per heavy atom. The summed E-state index contributed by atoms with van der Waals surface area (Å²) in [6.07, 6.45) is 0.302. The van der Waals surface area contributed by atoms with Crippen LogP contribution in [0.5, 0.6) is 0 Å². The van der Waals surface area contributed by atoms with Crippen LogP contribution >= 0.6 is 23.5 Å². The first-order chi connectivity index (χ1) is 6.74. The molecule has 1 N–H and O–H groups in total. The van der Waals surface area contributed by atoms with Crippen LogP contribution in [0.25, 0.3) is 0 Å². The van der Waals surface area contributed by atoms with Gasteiger partial charge in [-0.1, -0.05) is 0 Å². The maximum absolute atomic E-state index is 5.28. The van der Waals surface area contributed by atoms with Gasteiger partial charge in [-0.3, -0.25) is 0 Å². The lowest BCUT2D eigenvalue weighted by atomic mass is 10.2. The Morgan fingerprint density at radius 2 is 2.21 bits per heavy atom. The van der Waals surface area contributed by atoms with Gasteiger partial charge in [0.1, 0.15) is 0 Å². The molecule has 3 unspecified atom stereocenters. The highest BCUT2D eigenvalue weighted by atomic mass is 32.2. The zero-order valence-corrected chi connectivity index (χ0v) is 10.9. The van der Waals surface area contributed by atoms with E-state index in [4.69, 9.17) is 4.74 Å². The van der Waals surface area contributed by atoms with Gasteiger partial charge in [-0.25, -0.2) is 0 Å². The van der Waals surface area contributed by atoms with Crippen molar-refractivity contribution in [3.63, 3.8) is 0 Å². The highest BCUT2D eigenvalue weighted by Gasteiger charge is 2.16. The van der Waals surface area contributed by atoms with Gasteiger partial charge in [-0.05, 0) is 13.8 Å². The molecule has 0 aromatic carbocycles. The Bertz CT molecular complexity index is 149. The van der Waals surface area contributed by atoms with Crippen LogP contribution in [-0.4, -0.2) is 48.3 Å². The highest BCUT2D eigenvalue weighted by Crippen LogP contribution is 2.23. The minimum absolute atomic E-state index is 0.302. The van der Waals surface area contributed by atoms with Crippen molar-refractivity contribution in [2.45, 2.75) is 31.2 Å². The fourth-order valence-electron chi connectivity index (χ4n) is 1.34. The number of ether oxygens (including phenoxy) is 1. The van der Waals surface area contributed by atoms with Gasteiger partial charge in [0.2, 0.25) is 0 Å². The van der Waals surface area contributed by atoms with E-state index in [9.17, 15) is 0 Å². The molecule has 1 saturated heterocycles. The fraction of sp³-hybridized carbons (Fsp3) is 1.00. The minimum atomic E-state index is 0.302. The number of thioether (sulfide) groups is 2. The second-order valence-electron chi connectivity index (χ2n) is 3.71. The molecular weight excluding hydrogens is 214 g/mol. The fourth-order valence-corrected chi connectivity index (χ4v) is 3.97. The van der Waals surface area contributed by atoms with E-state index in [-0.39, 0.29) is 0 Å². The Morgan fingerprint density at radius 1 is 1.43 bits per heavy atom. The third kappa shape index (κ3) is 4.43. The number of methoxy groups -OCH3 is 1. The molecule has 1 aliphatic rings.